The number of benzene rings is 4. The van der Waals surface area contributed by atoms with Gasteiger partial charge in [0.05, 0.1) is 21.3 Å². The molecule has 0 fully saturated rings. The van der Waals surface area contributed by atoms with Gasteiger partial charge in [0.25, 0.3) is 0 Å². The van der Waals surface area contributed by atoms with E-state index in [1.165, 1.54) is 20.9 Å². The lowest BCUT2D eigenvalue weighted by atomic mass is 10.2. The van der Waals surface area contributed by atoms with Gasteiger partial charge in [-0.25, -0.2) is 9.97 Å². The summed E-state index contributed by atoms with van der Waals surface area (Å²) in [4.78, 5) is 10.2. The highest BCUT2D eigenvalue weighted by Crippen LogP contribution is 2.40. The number of aromatic nitrogens is 3. The molecule has 150 valence electrons. The molecule has 3 aromatic heterocycles. The molecule has 0 spiro atoms. The van der Waals surface area contributed by atoms with Gasteiger partial charge in [0.15, 0.2) is 11.6 Å². The van der Waals surface area contributed by atoms with E-state index in [1.54, 1.807) is 11.3 Å². The van der Waals surface area contributed by atoms with E-state index in [0.29, 0.717) is 0 Å². The van der Waals surface area contributed by atoms with Crippen molar-refractivity contribution in [1.82, 2.24) is 14.5 Å². The van der Waals surface area contributed by atoms with E-state index in [2.05, 4.69) is 89.5 Å². The van der Waals surface area contributed by atoms with Gasteiger partial charge < -0.3 is 0 Å². The Morgan fingerprint density at radius 1 is 0.562 bits per heavy atom. The number of para-hydroxylation sites is 2. The quantitative estimate of drug-likeness (QED) is 0.284. The van der Waals surface area contributed by atoms with E-state index in [1.807, 2.05) is 18.2 Å². The number of hydrogen-bond acceptors (Lipinski definition) is 3. The summed E-state index contributed by atoms with van der Waals surface area (Å²) >= 11 is 1.76. The Bertz CT molecular complexity index is 1720. The number of hydrogen-bond donors (Lipinski definition) is 0. The Labute approximate surface area is 188 Å². The normalized spacial score (nSPS) is 11.8. The SMILES string of the molecule is c1ccc(-c2nc(-n3c4ccccc4c4ccccc43)c3sc4ccccc4c3n2)cc1. The van der Waals surface area contributed by atoms with Gasteiger partial charge in [0, 0.05) is 26.4 Å². The van der Waals surface area contributed by atoms with Crippen LogP contribution in [-0.2, 0) is 0 Å². The summed E-state index contributed by atoms with van der Waals surface area (Å²) in [6, 6.07) is 35.9. The summed E-state index contributed by atoms with van der Waals surface area (Å²) in [5.74, 6) is 1.69. The second-order valence-corrected chi connectivity index (χ2v) is 8.93. The lowest BCUT2D eigenvalue weighted by Crippen LogP contribution is -2.01. The van der Waals surface area contributed by atoms with E-state index < -0.39 is 0 Å². The molecule has 32 heavy (non-hydrogen) atoms. The van der Waals surface area contributed by atoms with Crippen molar-refractivity contribution in [3.8, 4) is 17.2 Å². The highest BCUT2D eigenvalue weighted by Gasteiger charge is 2.20. The molecule has 0 bridgehead atoms. The minimum atomic E-state index is 0.749. The van der Waals surface area contributed by atoms with Crippen LogP contribution < -0.4 is 0 Å². The van der Waals surface area contributed by atoms with Crippen LogP contribution >= 0.6 is 11.3 Å². The Balaban J connectivity index is 1.69. The van der Waals surface area contributed by atoms with Crippen LogP contribution in [0.25, 0.3) is 59.3 Å². The Hall–Kier alpha value is -4.02. The molecule has 0 N–H and O–H groups in total. The van der Waals surface area contributed by atoms with Crippen molar-refractivity contribution in [2.45, 2.75) is 0 Å². The summed E-state index contributed by atoms with van der Waals surface area (Å²) < 4.78 is 4.64. The molecule has 0 aliphatic rings. The molecular weight excluding hydrogens is 410 g/mol. The number of thiophene rings is 1. The smallest absolute Gasteiger partial charge is 0.162 e. The van der Waals surface area contributed by atoms with Crippen LogP contribution in [0.1, 0.15) is 0 Å². The fourth-order valence-electron chi connectivity index (χ4n) is 4.60. The molecule has 0 aliphatic heterocycles. The molecule has 0 unspecified atom stereocenters. The van der Waals surface area contributed by atoms with Gasteiger partial charge in [-0.2, -0.15) is 0 Å². The Morgan fingerprint density at radius 2 is 1.16 bits per heavy atom. The van der Waals surface area contributed by atoms with Crippen molar-refractivity contribution in [1.29, 1.82) is 0 Å². The van der Waals surface area contributed by atoms with Crippen LogP contribution in [0.2, 0.25) is 0 Å². The molecule has 3 nitrogen and oxygen atoms in total. The number of fused-ring (bicyclic) bond motifs is 6. The first-order valence-corrected chi connectivity index (χ1v) is 11.4. The molecular formula is C28H17N3S. The largest absolute Gasteiger partial charge is 0.292 e. The first kappa shape index (κ1) is 17.6. The van der Waals surface area contributed by atoms with Crippen molar-refractivity contribution in [2.24, 2.45) is 0 Å². The van der Waals surface area contributed by atoms with Gasteiger partial charge in [-0.05, 0) is 18.2 Å². The highest BCUT2D eigenvalue weighted by atomic mass is 32.1. The summed E-state index contributed by atoms with van der Waals surface area (Å²) in [5, 5.41) is 3.64. The summed E-state index contributed by atoms with van der Waals surface area (Å²) in [6.07, 6.45) is 0. The number of nitrogens with zero attached hydrogens (tertiary/aromatic N) is 3. The maximum atomic E-state index is 5.17. The third kappa shape index (κ3) is 2.47. The lowest BCUT2D eigenvalue weighted by Gasteiger charge is -2.10. The monoisotopic (exact) mass is 427 g/mol. The van der Waals surface area contributed by atoms with Crippen molar-refractivity contribution < 1.29 is 0 Å². The van der Waals surface area contributed by atoms with Crippen molar-refractivity contribution in [2.75, 3.05) is 0 Å². The van der Waals surface area contributed by atoms with Crippen LogP contribution in [0.5, 0.6) is 0 Å². The van der Waals surface area contributed by atoms with Crippen LogP contribution in [0.3, 0.4) is 0 Å². The maximum absolute atomic E-state index is 5.17. The summed E-state index contributed by atoms with van der Waals surface area (Å²) in [7, 11) is 0. The van der Waals surface area contributed by atoms with Crippen LogP contribution in [0, 0.1) is 0 Å². The van der Waals surface area contributed by atoms with Crippen LogP contribution in [0.15, 0.2) is 103 Å². The molecule has 0 atom stereocenters. The van der Waals surface area contributed by atoms with Gasteiger partial charge >= 0.3 is 0 Å². The predicted molar refractivity (Wildman–Crippen MR) is 135 cm³/mol. The van der Waals surface area contributed by atoms with Crippen molar-refractivity contribution in [3.63, 3.8) is 0 Å². The van der Waals surface area contributed by atoms with Crippen molar-refractivity contribution in [3.05, 3.63) is 103 Å². The third-order valence-electron chi connectivity index (χ3n) is 6.03. The maximum Gasteiger partial charge on any atom is 0.162 e. The predicted octanol–water partition coefficient (Wildman–Crippen LogP) is 7.61. The van der Waals surface area contributed by atoms with E-state index in [-0.39, 0.29) is 0 Å². The van der Waals surface area contributed by atoms with Crippen LogP contribution in [0.4, 0.5) is 0 Å². The topological polar surface area (TPSA) is 30.7 Å². The highest BCUT2D eigenvalue weighted by molar-refractivity contribution is 7.26. The number of rotatable bonds is 2. The Kier molecular flexibility index (Phi) is 3.72. The molecule has 4 heteroatoms. The molecule has 7 aromatic rings. The average Bonchev–Trinajstić information content (AvgIpc) is 3.40. The third-order valence-corrected chi connectivity index (χ3v) is 7.18. The second kappa shape index (κ2) is 6.74. The standard InChI is InChI=1S/C28H17N3S/c1-2-10-18(11-3-1)27-29-25-21-14-6-9-17-24(21)32-26(25)28(30-27)31-22-15-7-4-12-19(22)20-13-5-8-16-23(20)31/h1-17H. The fraction of sp³-hybridized carbons (Fsp3) is 0. The minimum absolute atomic E-state index is 0.749. The minimum Gasteiger partial charge on any atom is -0.292 e. The molecule has 0 aliphatic carbocycles. The van der Waals surface area contributed by atoms with Gasteiger partial charge in [-0.3, -0.25) is 4.57 Å². The molecule has 0 amide bonds. The van der Waals surface area contributed by atoms with Crippen LogP contribution in [-0.4, -0.2) is 14.5 Å². The molecule has 0 saturated heterocycles. The fourth-order valence-corrected chi connectivity index (χ4v) is 5.72. The molecule has 0 saturated carbocycles. The van der Waals surface area contributed by atoms with E-state index in [0.717, 1.165) is 38.5 Å². The molecule has 4 aromatic carbocycles. The van der Waals surface area contributed by atoms with E-state index in [9.17, 15) is 0 Å². The molecule has 0 radical (unpaired) electrons. The zero-order valence-corrected chi connectivity index (χ0v) is 17.9. The molecule has 7 rings (SSSR count). The van der Waals surface area contributed by atoms with Gasteiger partial charge in [-0.1, -0.05) is 84.9 Å². The Morgan fingerprint density at radius 3 is 1.88 bits per heavy atom. The van der Waals surface area contributed by atoms with E-state index >= 15 is 0 Å². The first-order valence-electron chi connectivity index (χ1n) is 10.6. The zero-order chi connectivity index (χ0) is 21.1. The van der Waals surface area contributed by atoms with Crippen molar-refractivity contribution >= 4 is 53.4 Å². The summed E-state index contributed by atoms with van der Waals surface area (Å²) in [6.45, 7) is 0. The zero-order valence-electron chi connectivity index (χ0n) is 17.1. The van der Waals surface area contributed by atoms with Gasteiger partial charge in [0.1, 0.15) is 0 Å². The van der Waals surface area contributed by atoms with Gasteiger partial charge in [-0.15, -0.1) is 11.3 Å². The first-order chi connectivity index (χ1) is 15.9. The molecule has 3 heterocycles. The lowest BCUT2D eigenvalue weighted by molar-refractivity contribution is 1.08. The average molecular weight is 428 g/mol. The van der Waals surface area contributed by atoms with Gasteiger partial charge in [0.2, 0.25) is 0 Å². The summed E-state index contributed by atoms with van der Waals surface area (Å²) in [5.41, 5.74) is 4.35. The second-order valence-electron chi connectivity index (χ2n) is 7.88. The van der Waals surface area contributed by atoms with E-state index in [4.69, 9.17) is 9.97 Å².